The van der Waals surface area contributed by atoms with Crippen LogP contribution in [0.15, 0.2) is 27.8 Å². The van der Waals surface area contributed by atoms with E-state index in [4.69, 9.17) is 9.15 Å². The molecule has 1 aliphatic heterocycles. The Kier molecular flexibility index (Phi) is 8.58. The number of hydrogen-bond donors (Lipinski definition) is 2. The van der Waals surface area contributed by atoms with Crippen molar-refractivity contribution in [3.05, 3.63) is 24.2 Å². The Bertz CT molecular complexity index is 428. The summed E-state index contributed by atoms with van der Waals surface area (Å²) in [5.41, 5.74) is 0. The van der Waals surface area contributed by atoms with Crippen molar-refractivity contribution in [2.75, 3.05) is 52.5 Å². The van der Waals surface area contributed by atoms with Gasteiger partial charge in [0.25, 0.3) is 0 Å². The van der Waals surface area contributed by atoms with Gasteiger partial charge in [-0.2, -0.15) is 0 Å². The molecule has 1 aliphatic rings. The highest BCUT2D eigenvalue weighted by molar-refractivity contribution is 5.79. The van der Waals surface area contributed by atoms with Crippen LogP contribution in [0.3, 0.4) is 0 Å². The van der Waals surface area contributed by atoms with E-state index >= 15 is 0 Å². The third kappa shape index (κ3) is 7.52. The first-order valence-corrected chi connectivity index (χ1v) is 8.73. The van der Waals surface area contributed by atoms with Crippen LogP contribution in [-0.4, -0.2) is 63.3 Å². The number of hydrogen-bond acceptors (Lipinski definition) is 4. The molecule has 2 heterocycles. The summed E-state index contributed by atoms with van der Waals surface area (Å²) in [6, 6.07) is 3.92. The molecule has 2 rings (SSSR count). The average Bonchev–Trinajstić information content (AvgIpc) is 3.09. The molecule has 1 aromatic rings. The van der Waals surface area contributed by atoms with E-state index in [1.807, 2.05) is 12.1 Å². The molecule has 0 aliphatic carbocycles. The van der Waals surface area contributed by atoms with Gasteiger partial charge >= 0.3 is 0 Å². The van der Waals surface area contributed by atoms with Crippen LogP contribution in [0.4, 0.5) is 0 Å². The summed E-state index contributed by atoms with van der Waals surface area (Å²) in [5.74, 6) is 1.90. The number of unbranched alkanes of at least 4 members (excludes halogenated alkanes) is 1. The number of morpholine rings is 1. The second-order valence-electron chi connectivity index (χ2n) is 5.72. The number of aliphatic imine (C=N–C) groups is 1. The van der Waals surface area contributed by atoms with Crippen molar-refractivity contribution in [3.63, 3.8) is 0 Å². The Morgan fingerprint density at radius 2 is 2.09 bits per heavy atom. The summed E-state index contributed by atoms with van der Waals surface area (Å²) in [7, 11) is 0. The maximum Gasteiger partial charge on any atom is 0.191 e. The Morgan fingerprint density at radius 3 is 2.83 bits per heavy atom. The smallest absolute Gasteiger partial charge is 0.191 e. The SMILES string of the molecule is CCCCN=C(NCCc1ccco1)NCCN1CCOCC1. The predicted molar refractivity (Wildman–Crippen MR) is 92.9 cm³/mol. The van der Waals surface area contributed by atoms with Crippen LogP contribution in [0, 0.1) is 0 Å². The molecule has 0 spiro atoms. The lowest BCUT2D eigenvalue weighted by Gasteiger charge is -2.26. The van der Waals surface area contributed by atoms with E-state index in [0.29, 0.717) is 0 Å². The predicted octanol–water partition coefficient (Wildman–Crippen LogP) is 1.49. The van der Waals surface area contributed by atoms with Crippen molar-refractivity contribution in [2.24, 2.45) is 4.99 Å². The maximum atomic E-state index is 5.37. The fraction of sp³-hybridized carbons (Fsp3) is 0.706. The van der Waals surface area contributed by atoms with Crippen LogP contribution < -0.4 is 10.6 Å². The summed E-state index contributed by atoms with van der Waals surface area (Å²) in [6.07, 6.45) is 4.86. The van der Waals surface area contributed by atoms with Crippen LogP contribution in [-0.2, 0) is 11.2 Å². The molecule has 2 N–H and O–H groups in total. The molecule has 6 heteroatoms. The highest BCUT2D eigenvalue weighted by Crippen LogP contribution is 1.99. The Morgan fingerprint density at radius 1 is 1.26 bits per heavy atom. The normalized spacial score (nSPS) is 16.5. The summed E-state index contributed by atoms with van der Waals surface area (Å²) in [5, 5.41) is 6.82. The zero-order valence-electron chi connectivity index (χ0n) is 14.2. The molecule has 0 unspecified atom stereocenters. The molecule has 0 aromatic carbocycles. The minimum atomic E-state index is 0.822. The van der Waals surface area contributed by atoms with Crippen molar-refractivity contribution >= 4 is 5.96 Å². The molecule has 6 nitrogen and oxygen atoms in total. The Balaban J connectivity index is 1.68. The molecule has 1 fully saturated rings. The van der Waals surface area contributed by atoms with E-state index in [1.54, 1.807) is 6.26 Å². The van der Waals surface area contributed by atoms with Gasteiger partial charge in [-0.05, 0) is 18.6 Å². The van der Waals surface area contributed by atoms with Crippen molar-refractivity contribution < 1.29 is 9.15 Å². The van der Waals surface area contributed by atoms with E-state index in [9.17, 15) is 0 Å². The minimum absolute atomic E-state index is 0.822. The Labute approximate surface area is 139 Å². The van der Waals surface area contributed by atoms with E-state index in [0.717, 1.165) is 83.5 Å². The second-order valence-corrected chi connectivity index (χ2v) is 5.72. The van der Waals surface area contributed by atoms with Crippen LogP contribution >= 0.6 is 0 Å². The van der Waals surface area contributed by atoms with Gasteiger partial charge in [-0.15, -0.1) is 0 Å². The highest BCUT2D eigenvalue weighted by atomic mass is 16.5. The van der Waals surface area contributed by atoms with Gasteiger partial charge < -0.3 is 19.8 Å². The average molecular weight is 322 g/mol. The molecule has 0 bridgehead atoms. The van der Waals surface area contributed by atoms with Crippen LogP contribution in [0.25, 0.3) is 0 Å². The van der Waals surface area contributed by atoms with Crippen molar-refractivity contribution in [2.45, 2.75) is 26.2 Å². The first kappa shape index (κ1) is 17.8. The number of nitrogens with zero attached hydrogens (tertiary/aromatic N) is 2. The largest absolute Gasteiger partial charge is 0.469 e. The molecule has 23 heavy (non-hydrogen) atoms. The van der Waals surface area contributed by atoms with Gasteiger partial charge in [0.05, 0.1) is 19.5 Å². The van der Waals surface area contributed by atoms with Crippen molar-refractivity contribution in [1.29, 1.82) is 0 Å². The fourth-order valence-electron chi connectivity index (χ4n) is 2.44. The van der Waals surface area contributed by atoms with Gasteiger partial charge in [0, 0.05) is 45.7 Å². The second kappa shape index (κ2) is 11.1. The topological polar surface area (TPSA) is 62.0 Å². The van der Waals surface area contributed by atoms with Crippen LogP contribution in [0.2, 0.25) is 0 Å². The molecular weight excluding hydrogens is 292 g/mol. The van der Waals surface area contributed by atoms with Gasteiger partial charge in [-0.1, -0.05) is 13.3 Å². The lowest BCUT2D eigenvalue weighted by atomic mass is 10.3. The van der Waals surface area contributed by atoms with Gasteiger partial charge in [-0.3, -0.25) is 9.89 Å². The van der Waals surface area contributed by atoms with Crippen LogP contribution in [0.5, 0.6) is 0 Å². The third-order valence-electron chi connectivity index (χ3n) is 3.85. The maximum absolute atomic E-state index is 5.37. The highest BCUT2D eigenvalue weighted by Gasteiger charge is 2.09. The van der Waals surface area contributed by atoms with Crippen molar-refractivity contribution in [1.82, 2.24) is 15.5 Å². The minimum Gasteiger partial charge on any atom is -0.469 e. The molecule has 1 saturated heterocycles. The Hall–Kier alpha value is -1.53. The van der Waals surface area contributed by atoms with Crippen molar-refractivity contribution in [3.8, 4) is 0 Å². The van der Waals surface area contributed by atoms with E-state index in [2.05, 4.69) is 27.4 Å². The monoisotopic (exact) mass is 322 g/mol. The molecule has 0 atom stereocenters. The van der Waals surface area contributed by atoms with Gasteiger partial charge in [0.2, 0.25) is 0 Å². The molecule has 0 amide bonds. The summed E-state index contributed by atoms with van der Waals surface area (Å²) in [4.78, 5) is 7.06. The zero-order valence-corrected chi connectivity index (χ0v) is 14.2. The lowest BCUT2D eigenvalue weighted by Crippen LogP contribution is -2.44. The van der Waals surface area contributed by atoms with Gasteiger partial charge in [0.15, 0.2) is 5.96 Å². The molecule has 0 saturated carbocycles. The quantitative estimate of drug-likeness (QED) is 0.410. The standard InChI is InChI=1S/C17H30N4O2/c1-2-3-7-18-17(19-8-6-16-5-4-13-23-16)20-9-10-21-11-14-22-15-12-21/h4-5,13H,2-3,6-12,14-15H2,1H3,(H2,18,19,20). The number of ether oxygens (including phenoxy) is 1. The zero-order chi connectivity index (χ0) is 16.2. The molecular formula is C17H30N4O2. The molecule has 1 aromatic heterocycles. The van der Waals surface area contributed by atoms with E-state index < -0.39 is 0 Å². The van der Waals surface area contributed by atoms with Gasteiger partial charge in [-0.25, -0.2) is 0 Å². The third-order valence-corrected chi connectivity index (χ3v) is 3.85. The summed E-state index contributed by atoms with van der Waals surface area (Å²) in [6.45, 7) is 9.54. The van der Waals surface area contributed by atoms with Gasteiger partial charge in [0.1, 0.15) is 5.76 Å². The fourth-order valence-corrected chi connectivity index (χ4v) is 2.44. The first-order valence-electron chi connectivity index (χ1n) is 8.73. The molecule has 130 valence electrons. The van der Waals surface area contributed by atoms with Crippen LogP contribution in [0.1, 0.15) is 25.5 Å². The summed E-state index contributed by atoms with van der Waals surface area (Å²) >= 11 is 0. The molecule has 0 radical (unpaired) electrons. The summed E-state index contributed by atoms with van der Waals surface area (Å²) < 4.78 is 10.7. The number of furan rings is 1. The first-order chi connectivity index (χ1) is 11.4. The lowest BCUT2D eigenvalue weighted by molar-refractivity contribution is 0.0389. The number of rotatable bonds is 9. The van der Waals surface area contributed by atoms with E-state index in [-0.39, 0.29) is 0 Å². The van der Waals surface area contributed by atoms with E-state index in [1.165, 1.54) is 0 Å². The number of nitrogens with one attached hydrogen (secondary N) is 2. The number of guanidine groups is 1.